The summed E-state index contributed by atoms with van der Waals surface area (Å²) in [7, 11) is 0. The van der Waals surface area contributed by atoms with Crippen molar-refractivity contribution in [2.24, 2.45) is 5.92 Å². The standard InChI is InChI=1S/C26H31N9O2/c1-17-2-3-18-15-21(6-7-22(18)29-17)35-24-23(32-33-35)16-28-26(31-24)30-20-5-4-19(14-20)25(36)27-8-9-34-10-12-37-13-11-34/h2-3,6-7,15-16,19-20H,4-5,8-14H2,1H3,(H,27,36)(H,28,30,31)/t19-,20-/m1/s1. The molecule has 2 aliphatic rings. The number of fused-ring (bicyclic) bond motifs is 2. The second-order valence-electron chi connectivity index (χ2n) is 9.83. The number of carbonyl (C=O) groups excluding carboxylic acids is 1. The molecule has 4 heterocycles. The predicted octanol–water partition coefficient (Wildman–Crippen LogP) is 2.10. The van der Waals surface area contributed by atoms with Gasteiger partial charge in [0, 0.05) is 49.2 Å². The quantitative estimate of drug-likeness (QED) is 0.392. The lowest BCUT2D eigenvalue weighted by atomic mass is 10.1. The van der Waals surface area contributed by atoms with Gasteiger partial charge in [0.15, 0.2) is 11.2 Å². The van der Waals surface area contributed by atoms with Crippen LogP contribution in [0.5, 0.6) is 0 Å². The minimum atomic E-state index is 0.00737. The number of nitrogens with zero attached hydrogens (tertiary/aromatic N) is 7. The van der Waals surface area contributed by atoms with Crippen LogP contribution in [0.2, 0.25) is 0 Å². The Balaban J connectivity index is 1.09. The summed E-state index contributed by atoms with van der Waals surface area (Å²) < 4.78 is 7.10. The van der Waals surface area contributed by atoms with Gasteiger partial charge in [0.05, 0.1) is 30.6 Å². The fraction of sp³-hybridized carbons (Fsp3) is 0.462. The molecule has 0 bridgehead atoms. The Kier molecular flexibility index (Phi) is 6.62. The third-order valence-electron chi connectivity index (χ3n) is 7.22. The van der Waals surface area contributed by atoms with E-state index in [-0.39, 0.29) is 17.9 Å². The zero-order valence-electron chi connectivity index (χ0n) is 20.9. The largest absolute Gasteiger partial charge is 0.379 e. The number of pyridine rings is 1. The Morgan fingerprint density at radius 3 is 2.89 bits per heavy atom. The summed E-state index contributed by atoms with van der Waals surface area (Å²) in [4.78, 5) is 28.8. The van der Waals surface area contributed by atoms with Gasteiger partial charge in [0.25, 0.3) is 0 Å². The summed E-state index contributed by atoms with van der Waals surface area (Å²) in [5.74, 6) is 0.665. The Bertz CT molecular complexity index is 1420. The maximum Gasteiger partial charge on any atom is 0.225 e. The Morgan fingerprint density at radius 2 is 2.00 bits per heavy atom. The van der Waals surface area contributed by atoms with Crippen LogP contribution in [0.4, 0.5) is 5.95 Å². The second-order valence-corrected chi connectivity index (χ2v) is 9.83. The van der Waals surface area contributed by atoms with Crippen molar-refractivity contribution in [3.63, 3.8) is 0 Å². The van der Waals surface area contributed by atoms with Gasteiger partial charge < -0.3 is 15.4 Å². The van der Waals surface area contributed by atoms with Gasteiger partial charge in [-0.05, 0) is 50.5 Å². The van der Waals surface area contributed by atoms with Gasteiger partial charge in [-0.1, -0.05) is 11.3 Å². The summed E-state index contributed by atoms with van der Waals surface area (Å²) in [6, 6.07) is 10.2. The van der Waals surface area contributed by atoms with Gasteiger partial charge in [-0.2, -0.15) is 9.67 Å². The van der Waals surface area contributed by atoms with Crippen LogP contribution < -0.4 is 10.6 Å². The van der Waals surface area contributed by atoms with E-state index < -0.39 is 0 Å². The Morgan fingerprint density at radius 1 is 1.11 bits per heavy atom. The molecular weight excluding hydrogens is 470 g/mol. The summed E-state index contributed by atoms with van der Waals surface area (Å²) in [5.41, 5.74) is 4.03. The number of ether oxygens (including phenoxy) is 1. The van der Waals surface area contributed by atoms with Crippen molar-refractivity contribution in [1.82, 2.24) is 40.2 Å². The fourth-order valence-electron chi connectivity index (χ4n) is 5.16. The number of hydrogen-bond acceptors (Lipinski definition) is 9. The number of hydrogen-bond donors (Lipinski definition) is 2. The number of benzene rings is 1. The lowest BCUT2D eigenvalue weighted by Crippen LogP contribution is -2.42. The van der Waals surface area contributed by atoms with Crippen LogP contribution in [0.15, 0.2) is 36.5 Å². The van der Waals surface area contributed by atoms with E-state index in [1.807, 2.05) is 31.2 Å². The highest BCUT2D eigenvalue weighted by Crippen LogP contribution is 2.28. The van der Waals surface area contributed by atoms with Crippen molar-refractivity contribution in [1.29, 1.82) is 0 Å². The van der Waals surface area contributed by atoms with Crippen molar-refractivity contribution in [2.45, 2.75) is 32.2 Å². The van der Waals surface area contributed by atoms with Crippen LogP contribution in [-0.4, -0.2) is 86.2 Å². The number of aryl methyl sites for hydroxylation is 1. The molecule has 1 aliphatic carbocycles. The van der Waals surface area contributed by atoms with E-state index in [1.165, 1.54) is 0 Å². The predicted molar refractivity (Wildman–Crippen MR) is 140 cm³/mol. The molecule has 1 amide bonds. The Hall–Kier alpha value is -3.70. The molecule has 2 N–H and O–H groups in total. The molecule has 2 fully saturated rings. The van der Waals surface area contributed by atoms with Gasteiger partial charge in [0.1, 0.15) is 0 Å². The third-order valence-corrected chi connectivity index (χ3v) is 7.22. The van der Waals surface area contributed by atoms with Gasteiger partial charge in [0.2, 0.25) is 11.9 Å². The molecule has 11 heteroatoms. The van der Waals surface area contributed by atoms with Crippen LogP contribution in [0.25, 0.3) is 27.8 Å². The molecule has 6 rings (SSSR count). The minimum absolute atomic E-state index is 0.00737. The SMILES string of the molecule is Cc1ccc2cc(-n3nnc4cnc(N[C@@H]5CC[C@@H](C(=O)NCCN6CCOCC6)C5)nc43)ccc2n1. The lowest BCUT2D eigenvalue weighted by Gasteiger charge is -2.26. The fourth-order valence-corrected chi connectivity index (χ4v) is 5.16. The van der Waals surface area contributed by atoms with Crippen molar-refractivity contribution >= 4 is 33.9 Å². The maximum atomic E-state index is 12.7. The van der Waals surface area contributed by atoms with E-state index in [9.17, 15) is 4.79 Å². The van der Waals surface area contributed by atoms with Crippen molar-refractivity contribution < 1.29 is 9.53 Å². The third kappa shape index (κ3) is 5.23. The topological polar surface area (TPSA) is 123 Å². The van der Waals surface area contributed by atoms with Crippen molar-refractivity contribution in [3.05, 3.63) is 42.2 Å². The van der Waals surface area contributed by atoms with Crippen LogP contribution in [0, 0.1) is 12.8 Å². The zero-order valence-corrected chi connectivity index (χ0v) is 20.9. The summed E-state index contributed by atoms with van der Waals surface area (Å²) in [5, 5.41) is 16.1. The highest BCUT2D eigenvalue weighted by atomic mass is 16.5. The number of amides is 1. The minimum Gasteiger partial charge on any atom is -0.379 e. The number of rotatable bonds is 7. The molecule has 2 atom stereocenters. The van der Waals surface area contributed by atoms with Crippen LogP contribution >= 0.6 is 0 Å². The van der Waals surface area contributed by atoms with E-state index in [4.69, 9.17) is 9.72 Å². The van der Waals surface area contributed by atoms with Gasteiger partial charge in [-0.3, -0.25) is 14.7 Å². The first-order chi connectivity index (χ1) is 18.1. The second kappa shape index (κ2) is 10.3. The van der Waals surface area contributed by atoms with Gasteiger partial charge in [-0.15, -0.1) is 5.10 Å². The molecule has 0 radical (unpaired) electrons. The van der Waals surface area contributed by atoms with E-state index >= 15 is 0 Å². The van der Waals surface area contributed by atoms with E-state index in [0.717, 1.165) is 74.4 Å². The molecule has 1 aromatic carbocycles. The average Bonchev–Trinajstić information content (AvgIpc) is 3.56. The molecule has 1 saturated heterocycles. The molecule has 3 aromatic heterocycles. The van der Waals surface area contributed by atoms with Crippen LogP contribution in [0.3, 0.4) is 0 Å². The molecule has 0 unspecified atom stereocenters. The molecule has 192 valence electrons. The number of nitrogens with one attached hydrogen (secondary N) is 2. The summed E-state index contributed by atoms with van der Waals surface area (Å²) >= 11 is 0. The van der Waals surface area contributed by atoms with E-state index in [1.54, 1.807) is 10.9 Å². The zero-order chi connectivity index (χ0) is 25.2. The monoisotopic (exact) mass is 501 g/mol. The lowest BCUT2D eigenvalue weighted by molar-refractivity contribution is -0.124. The number of carbonyl (C=O) groups is 1. The van der Waals surface area contributed by atoms with E-state index in [2.05, 4.69) is 41.9 Å². The van der Waals surface area contributed by atoms with Crippen LogP contribution in [-0.2, 0) is 9.53 Å². The summed E-state index contributed by atoms with van der Waals surface area (Å²) in [6.45, 7) is 6.93. The molecule has 0 spiro atoms. The number of aromatic nitrogens is 6. The molecule has 1 aliphatic heterocycles. The van der Waals surface area contributed by atoms with Crippen molar-refractivity contribution in [2.75, 3.05) is 44.7 Å². The van der Waals surface area contributed by atoms with Crippen molar-refractivity contribution in [3.8, 4) is 5.69 Å². The first-order valence-corrected chi connectivity index (χ1v) is 12.9. The highest BCUT2D eigenvalue weighted by Gasteiger charge is 2.30. The Labute approximate surface area is 214 Å². The summed E-state index contributed by atoms with van der Waals surface area (Å²) in [6.07, 6.45) is 4.20. The highest BCUT2D eigenvalue weighted by molar-refractivity contribution is 5.82. The van der Waals surface area contributed by atoms with E-state index in [0.29, 0.717) is 23.7 Å². The molecule has 1 saturated carbocycles. The average molecular weight is 502 g/mol. The normalized spacial score (nSPS) is 20.5. The number of anilines is 1. The first kappa shape index (κ1) is 23.7. The smallest absolute Gasteiger partial charge is 0.225 e. The first-order valence-electron chi connectivity index (χ1n) is 12.9. The van der Waals surface area contributed by atoms with Gasteiger partial charge in [-0.25, -0.2) is 4.98 Å². The maximum absolute atomic E-state index is 12.7. The number of morpholine rings is 1. The van der Waals surface area contributed by atoms with Crippen LogP contribution in [0.1, 0.15) is 25.0 Å². The molecule has 4 aromatic rings. The molecule has 37 heavy (non-hydrogen) atoms. The van der Waals surface area contributed by atoms with Gasteiger partial charge >= 0.3 is 0 Å². The molecular formula is C26H31N9O2. The molecule has 11 nitrogen and oxygen atoms in total.